The smallest absolute Gasteiger partial charge is 0.338 e. The van der Waals surface area contributed by atoms with E-state index in [4.69, 9.17) is 0 Å². The molecule has 0 spiro atoms. The Balaban J connectivity index is 2.24. The maximum atomic E-state index is 12.1. The van der Waals surface area contributed by atoms with Crippen LogP contribution in [-0.4, -0.2) is 32.1 Å². The van der Waals surface area contributed by atoms with Gasteiger partial charge in [0.2, 0.25) is 5.91 Å². The van der Waals surface area contributed by atoms with Crippen molar-refractivity contribution in [1.29, 1.82) is 0 Å². The third kappa shape index (κ3) is 3.44. The zero-order valence-electron chi connectivity index (χ0n) is 12.7. The molecular weight excluding hydrogens is 286 g/mol. The molecule has 0 bridgehead atoms. The summed E-state index contributed by atoms with van der Waals surface area (Å²) < 4.78 is 9.31. The number of ether oxygens (including phenoxy) is 2. The van der Waals surface area contributed by atoms with Crippen molar-refractivity contribution >= 4 is 23.5 Å². The number of hydrogen-bond acceptors (Lipinski definition) is 5. The summed E-state index contributed by atoms with van der Waals surface area (Å²) >= 11 is 0. The topological polar surface area (TPSA) is 81.7 Å². The molecule has 118 valence electrons. The van der Waals surface area contributed by atoms with Gasteiger partial charge in [-0.3, -0.25) is 4.79 Å². The summed E-state index contributed by atoms with van der Waals surface area (Å²) in [6.07, 6.45) is 3.89. The average molecular weight is 305 g/mol. The standard InChI is InChI=1S/C16H19NO5/c1-21-15(19)12-8-7-11(9-13(12)16(20)22-2)17-14(18)10-5-3-4-6-10/h7-10H,3-6H2,1-2H3,(H,17,18). The molecule has 0 radical (unpaired) electrons. The molecule has 1 aliphatic rings. The first kappa shape index (κ1) is 16.0. The van der Waals surface area contributed by atoms with Crippen LogP contribution >= 0.6 is 0 Å². The highest BCUT2D eigenvalue weighted by molar-refractivity contribution is 6.04. The van der Waals surface area contributed by atoms with E-state index < -0.39 is 11.9 Å². The molecule has 0 unspecified atom stereocenters. The first-order valence-corrected chi connectivity index (χ1v) is 7.18. The lowest BCUT2D eigenvalue weighted by Crippen LogP contribution is -2.21. The number of benzene rings is 1. The highest BCUT2D eigenvalue weighted by atomic mass is 16.5. The number of hydrogen-bond donors (Lipinski definition) is 1. The molecule has 1 fully saturated rings. The lowest BCUT2D eigenvalue weighted by molar-refractivity contribution is -0.119. The van der Waals surface area contributed by atoms with Crippen LogP contribution in [0.15, 0.2) is 18.2 Å². The molecule has 1 saturated carbocycles. The number of nitrogens with one attached hydrogen (secondary N) is 1. The van der Waals surface area contributed by atoms with Gasteiger partial charge in [-0.1, -0.05) is 12.8 Å². The van der Waals surface area contributed by atoms with Gasteiger partial charge in [0.25, 0.3) is 0 Å². The largest absolute Gasteiger partial charge is 0.465 e. The van der Waals surface area contributed by atoms with Crippen LogP contribution in [0.3, 0.4) is 0 Å². The molecule has 1 N–H and O–H groups in total. The van der Waals surface area contributed by atoms with Crippen LogP contribution in [0.4, 0.5) is 5.69 Å². The predicted octanol–water partition coefficient (Wildman–Crippen LogP) is 2.39. The summed E-state index contributed by atoms with van der Waals surface area (Å²) in [6.45, 7) is 0. The van der Waals surface area contributed by atoms with Crippen LogP contribution in [0.5, 0.6) is 0 Å². The molecule has 22 heavy (non-hydrogen) atoms. The molecule has 1 aromatic carbocycles. The maximum absolute atomic E-state index is 12.1. The maximum Gasteiger partial charge on any atom is 0.338 e. The van der Waals surface area contributed by atoms with Crippen molar-refractivity contribution < 1.29 is 23.9 Å². The van der Waals surface area contributed by atoms with Gasteiger partial charge in [0.15, 0.2) is 0 Å². The fourth-order valence-corrected chi connectivity index (χ4v) is 2.62. The summed E-state index contributed by atoms with van der Waals surface area (Å²) in [6, 6.07) is 4.46. The summed E-state index contributed by atoms with van der Waals surface area (Å²) in [5.41, 5.74) is 0.636. The zero-order valence-corrected chi connectivity index (χ0v) is 12.7. The summed E-state index contributed by atoms with van der Waals surface area (Å²) in [5.74, 6) is -1.33. The van der Waals surface area contributed by atoms with Gasteiger partial charge in [-0.2, -0.15) is 0 Å². The van der Waals surface area contributed by atoms with Crippen LogP contribution < -0.4 is 5.32 Å². The molecule has 2 rings (SSSR count). The quantitative estimate of drug-likeness (QED) is 0.864. The van der Waals surface area contributed by atoms with Gasteiger partial charge in [-0.25, -0.2) is 9.59 Å². The fourth-order valence-electron chi connectivity index (χ4n) is 2.62. The van der Waals surface area contributed by atoms with Crippen LogP contribution in [0.25, 0.3) is 0 Å². The second-order valence-electron chi connectivity index (χ2n) is 5.21. The molecule has 1 amide bonds. The van der Waals surface area contributed by atoms with Gasteiger partial charge in [0.05, 0.1) is 25.3 Å². The van der Waals surface area contributed by atoms with E-state index in [1.54, 1.807) is 6.07 Å². The van der Waals surface area contributed by atoms with Gasteiger partial charge in [-0.15, -0.1) is 0 Å². The number of rotatable bonds is 4. The highest BCUT2D eigenvalue weighted by Crippen LogP contribution is 2.26. The molecule has 0 saturated heterocycles. The monoisotopic (exact) mass is 305 g/mol. The van der Waals surface area contributed by atoms with Gasteiger partial charge in [0.1, 0.15) is 0 Å². The van der Waals surface area contributed by atoms with Crippen molar-refractivity contribution in [3.8, 4) is 0 Å². The van der Waals surface area contributed by atoms with E-state index in [-0.39, 0.29) is 23.0 Å². The minimum Gasteiger partial charge on any atom is -0.465 e. The molecule has 0 heterocycles. The van der Waals surface area contributed by atoms with E-state index in [2.05, 4.69) is 14.8 Å². The van der Waals surface area contributed by atoms with E-state index in [0.717, 1.165) is 25.7 Å². The molecule has 1 aromatic rings. The Labute approximate surface area is 128 Å². The minimum absolute atomic E-state index is 0.0156. The van der Waals surface area contributed by atoms with Crippen molar-refractivity contribution in [2.75, 3.05) is 19.5 Å². The fraction of sp³-hybridized carbons (Fsp3) is 0.438. The number of amides is 1. The molecular formula is C16H19NO5. The number of carbonyl (C=O) groups is 3. The Morgan fingerprint density at radius 2 is 1.59 bits per heavy atom. The summed E-state index contributed by atoms with van der Waals surface area (Å²) in [7, 11) is 2.46. The van der Waals surface area contributed by atoms with Crippen molar-refractivity contribution in [3.05, 3.63) is 29.3 Å². The molecule has 0 atom stereocenters. The first-order valence-electron chi connectivity index (χ1n) is 7.18. The Bertz CT molecular complexity index is 590. The average Bonchev–Trinajstić information content (AvgIpc) is 3.07. The normalized spacial score (nSPS) is 14.5. The molecule has 6 heteroatoms. The lowest BCUT2D eigenvalue weighted by Gasteiger charge is -2.12. The summed E-state index contributed by atoms with van der Waals surface area (Å²) in [4.78, 5) is 35.6. The van der Waals surface area contributed by atoms with Crippen molar-refractivity contribution in [1.82, 2.24) is 0 Å². The Morgan fingerprint density at radius 1 is 1.00 bits per heavy atom. The van der Waals surface area contributed by atoms with Crippen molar-refractivity contribution in [2.45, 2.75) is 25.7 Å². The van der Waals surface area contributed by atoms with Gasteiger partial charge in [-0.05, 0) is 31.0 Å². The van der Waals surface area contributed by atoms with Crippen LogP contribution in [0, 0.1) is 5.92 Å². The third-order valence-electron chi connectivity index (χ3n) is 3.82. The second-order valence-corrected chi connectivity index (χ2v) is 5.21. The third-order valence-corrected chi connectivity index (χ3v) is 3.82. The van der Waals surface area contributed by atoms with Gasteiger partial charge in [0, 0.05) is 11.6 Å². The number of anilines is 1. The molecule has 0 aliphatic heterocycles. The zero-order chi connectivity index (χ0) is 16.1. The highest BCUT2D eigenvalue weighted by Gasteiger charge is 2.24. The van der Waals surface area contributed by atoms with E-state index >= 15 is 0 Å². The van der Waals surface area contributed by atoms with Crippen molar-refractivity contribution in [2.24, 2.45) is 5.92 Å². The van der Waals surface area contributed by atoms with Crippen LogP contribution in [0.1, 0.15) is 46.4 Å². The number of esters is 2. The van der Waals surface area contributed by atoms with E-state index in [0.29, 0.717) is 5.69 Å². The van der Waals surface area contributed by atoms with Crippen molar-refractivity contribution in [3.63, 3.8) is 0 Å². The SMILES string of the molecule is COC(=O)c1ccc(NC(=O)C2CCCC2)cc1C(=O)OC. The predicted molar refractivity (Wildman–Crippen MR) is 79.7 cm³/mol. The van der Waals surface area contributed by atoms with E-state index in [1.807, 2.05) is 0 Å². The van der Waals surface area contributed by atoms with E-state index in [9.17, 15) is 14.4 Å². The Hall–Kier alpha value is -2.37. The van der Waals surface area contributed by atoms with E-state index in [1.165, 1.54) is 26.4 Å². The molecule has 1 aliphatic carbocycles. The molecule has 0 aromatic heterocycles. The number of carbonyl (C=O) groups excluding carboxylic acids is 3. The second kappa shape index (κ2) is 7.06. The van der Waals surface area contributed by atoms with Crippen LogP contribution in [0.2, 0.25) is 0 Å². The minimum atomic E-state index is -0.655. The first-order chi connectivity index (χ1) is 10.6. The van der Waals surface area contributed by atoms with Gasteiger partial charge < -0.3 is 14.8 Å². The Morgan fingerprint density at radius 3 is 2.18 bits per heavy atom. The lowest BCUT2D eigenvalue weighted by atomic mass is 10.0. The Kier molecular flexibility index (Phi) is 5.14. The molecule has 6 nitrogen and oxygen atoms in total. The van der Waals surface area contributed by atoms with Crippen LogP contribution in [-0.2, 0) is 14.3 Å². The van der Waals surface area contributed by atoms with Gasteiger partial charge >= 0.3 is 11.9 Å². The number of methoxy groups -OCH3 is 2. The summed E-state index contributed by atoms with van der Waals surface area (Å²) in [5, 5.41) is 2.79.